The van der Waals surface area contributed by atoms with Crippen molar-refractivity contribution in [1.29, 1.82) is 0 Å². The molecule has 0 N–H and O–H groups in total. The molecule has 28 rings (SSSR count). The van der Waals surface area contributed by atoms with Crippen molar-refractivity contribution in [2.45, 2.75) is 0 Å². The molecule has 0 unspecified atom stereocenters. The SMILES string of the molecule is c1ccc(-c2cc(-n3c4ccccc4c4ccc5c(oc6ccc7nccnc7c65)c43)cc(-c3ccccn3)n2)nc1.c1ccc(-c2ccnc(-n3c4ccccc4c4ccc5c(oc6ccc7nccnc7c65)c43)n2)cc1.c1ccc(-c2nc(-c3ccccc3)nc(-n3c4ccccc4c4ccc5c(oc6ccc7nc(-c8ccccc8)n(-c8ccccc8)c7c65)c43)n2)cc1. The number of furan rings is 3. The average molecular weight is 1680 g/mol. The highest BCUT2D eigenvalue weighted by atomic mass is 16.3. The predicted octanol–water partition coefficient (Wildman–Crippen LogP) is 26.4. The summed E-state index contributed by atoms with van der Waals surface area (Å²) in [5, 5.41) is 12.5. The Labute approximate surface area is 742 Å². The van der Waals surface area contributed by atoms with E-state index in [4.69, 9.17) is 48.1 Å². The normalized spacial score (nSPS) is 11.8. The summed E-state index contributed by atoms with van der Waals surface area (Å²) in [6.45, 7) is 0. The molecular formula is C111H65N17O3. The molecule has 20 nitrogen and oxygen atoms in total. The Balaban J connectivity index is 0.000000105. The van der Waals surface area contributed by atoms with E-state index in [1.807, 2.05) is 176 Å². The third-order valence-electron chi connectivity index (χ3n) is 24.6. The van der Waals surface area contributed by atoms with Gasteiger partial charge >= 0.3 is 0 Å². The van der Waals surface area contributed by atoms with Gasteiger partial charge in [-0.05, 0) is 127 Å². The Bertz CT molecular complexity index is 9310. The van der Waals surface area contributed by atoms with Gasteiger partial charge in [-0.1, -0.05) is 224 Å². The first-order chi connectivity index (χ1) is 65.0. The van der Waals surface area contributed by atoms with Crippen LogP contribution >= 0.6 is 0 Å². The zero-order chi connectivity index (χ0) is 86.1. The zero-order valence-electron chi connectivity index (χ0n) is 69.4. The molecule has 131 heavy (non-hydrogen) atoms. The quantitative estimate of drug-likeness (QED) is 0.124. The minimum Gasteiger partial charge on any atom is -0.454 e. The molecule has 14 aromatic heterocycles. The van der Waals surface area contributed by atoms with E-state index in [-0.39, 0.29) is 0 Å². The van der Waals surface area contributed by atoms with E-state index in [0.717, 1.165) is 232 Å². The number of para-hydroxylation sites is 4. The Kier molecular flexibility index (Phi) is 17.1. The van der Waals surface area contributed by atoms with E-state index in [9.17, 15) is 0 Å². The van der Waals surface area contributed by atoms with Gasteiger partial charge in [-0.25, -0.2) is 24.9 Å². The van der Waals surface area contributed by atoms with Crippen LogP contribution in [0.5, 0.6) is 0 Å². The Morgan fingerprint density at radius 2 is 0.618 bits per heavy atom. The molecule has 0 amide bonds. The summed E-state index contributed by atoms with van der Waals surface area (Å²) in [6.07, 6.45) is 12.3. The summed E-state index contributed by atoms with van der Waals surface area (Å²) in [7, 11) is 0. The van der Waals surface area contributed by atoms with Crippen molar-refractivity contribution in [1.82, 2.24) is 83.1 Å². The van der Waals surface area contributed by atoms with Crippen molar-refractivity contribution in [3.8, 4) is 91.5 Å². The molecule has 14 heterocycles. The number of fused-ring (bicyclic) bond motifs is 27. The van der Waals surface area contributed by atoms with Gasteiger partial charge in [0.1, 0.15) is 44.6 Å². The number of hydrogen-bond donors (Lipinski definition) is 0. The molecule has 0 radical (unpaired) electrons. The van der Waals surface area contributed by atoms with Gasteiger partial charge < -0.3 is 17.8 Å². The van der Waals surface area contributed by atoms with Crippen molar-refractivity contribution in [2.24, 2.45) is 0 Å². The largest absolute Gasteiger partial charge is 0.454 e. The smallest absolute Gasteiger partial charge is 0.238 e. The lowest BCUT2D eigenvalue weighted by Crippen LogP contribution is -2.06. The van der Waals surface area contributed by atoms with Gasteiger partial charge in [0.05, 0.1) is 94.4 Å². The first kappa shape index (κ1) is 74.0. The van der Waals surface area contributed by atoms with Crippen LogP contribution in [0.25, 0.3) is 256 Å². The van der Waals surface area contributed by atoms with Crippen LogP contribution in [0.15, 0.2) is 408 Å². The van der Waals surface area contributed by atoms with Crippen molar-refractivity contribution in [3.05, 3.63) is 395 Å². The van der Waals surface area contributed by atoms with Gasteiger partial charge in [0.15, 0.2) is 28.4 Å². The van der Waals surface area contributed by atoms with Crippen LogP contribution in [0.4, 0.5) is 0 Å². The van der Waals surface area contributed by atoms with E-state index in [1.165, 1.54) is 0 Å². The highest BCUT2D eigenvalue weighted by Crippen LogP contribution is 2.48. The van der Waals surface area contributed by atoms with Gasteiger partial charge in [-0.15, -0.1) is 0 Å². The lowest BCUT2D eigenvalue weighted by Gasteiger charge is -2.12. The van der Waals surface area contributed by atoms with Crippen LogP contribution in [0.2, 0.25) is 0 Å². The molecule has 14 aromatic carbocycles. The van der Waals surface area contributed by atoms with Gasteiger partial charge in [0.25, 0.3) is 0 Å². The molecule has 0 saturated carbocycles. The number of aromatic nitrogens is 17. The number of pyridine rings is 3. The fourth-order valence-corrected chi connectivity index (χ4v) is 18.9. The molecule has 0 bridgehead atoms. The third-order valence-corrected chi connectivity index (χ3v) is 24.6. The van der Waals surface area contributed by atoms with E-state index in [0.29, 0.717) is 23.5 Å². The topological polar surface area (TPSA) is 227 Å². The van der Waals surface area contributed by atoms with Crippen molar-refractivity contribution in [2.75, 3.05) is 0 Å². The minimum absolute atomic E-state index is 0.516. The highest BCUT2D eigenvalue weighted by molar-refractivity contribution is 6.29. The Morgan fingerprint density at radius 3 is 1.12 bits per heavy atom. The van der Waals surface area contributed by atoms with Crippen LogP contribution in [0, 0.1) is 0 Å². The number of nitrogens with zero attached hydrogens (tertiary/aromatic N) is 17. The van der Waals surface area contributed by atoms with Crippen molar-refractivity contribution < 1.29 is 13.3 Å². The maximum atomic E-state index is 6.97. The fourth-order valence-electron chi connectivity index (χ4n) is 18.9. The summed E-state index contributed by atoms with van der Waals surface area (Å²) in [6, 6.07) is 119. The van der Waals surface area contributed by atoms with Crippen LogP contribution in [0.3, 0.4) is 0 Å². The first-order valence-electron chi connectivity index (χ1n) is 43.0. The summed E-state index contributed by atoms with van der Waals surface area (Å²) in [4.78, 5) is 62.7. The summed E-state index contributed by atoms with van der Waals surface area (Å²) < 4.78 is 28.9. The number of hydrogen-bond acceptors (Lipinski definition) is 16. The second-order valence-corrected chi connectivity index (χ2v) is 32.0. The Morgan fingerprint density at radius 1 is 0.206 bits per heavy atom. The van der Waals surface area contributed by atoms with Crippen LogP contribution < -0.4 is 0 Å². The fraction of sp³-hybridized carbons (Fsp3) is 0. The summed E-state index contributed by atoms with van der Waals surface area (Å²) in [5.41, 5.74) is 25.6. The van der Waals surface area contributed by atoms with Gasteiger partial charge in [-0.2, -0.15) is 9.97 Å². The molecule has 0 fully saturated rings. The molecule has 0 saturated heterocycles. The maximum absolute atomic E-state index is 6.97. The number of imidazole rings is 1. The number of rotatable bonds is 10. The lowest BCUT2D eigenvalue weighted by atomic mass is 10.1. The van der Waals surface area contributed by atoms with Gasteiger partial charge in [-0.3, -0.25) is 43.6 Å². The van der Waals surface area contributed by atoms with Crippen LogP contribution in [0.1, 0.15) is 0 Å². The highest BCUT2D eigenvalue weighted by Gasteiger charge is 2.29. The van der Waals surface area contributed by atoms with E-state index in [1.54, 1.807) is 37.2 Å². The zero-order valence-corrected chi connectivity index (χ0v) is 69.4. The molecule has 0 atom stereocenters. The molecule has 0 aliphatic carbocycles. The average Bonchev–Trinajstić information content (AvgIpc) is 1.51. The van der Waals surface area contributed by atoms with E-state index in [2.05, 4.69) is 230 Å². The van der Waals surface area contributed by atoms with Crippen LogP contribution in [-0.2, 0) is 0 Å². The maximum Gasteiger partial charge on any atom is 0.238 e. The molecular weight excluding hydrogens is 1620 g/mol. The third kappa shape index (κ3) is 12.1. The molecule has 0 spiro atoms. The molecule has 20 heteroatoms. The molecule has 612 valence electrons. The lowest BCUT2D eigenvalue weighted by molar-refractivity contribution is 0.670. The van der Waals surface area contributed by atoms with Crippen molar-refractivity contribution in [3.63, 3.8) is 0 Å². The predicted molar refractivity (Wildman–Crippen MR) is 520 cm³/mol. The van der Waals surface area contributed by atoms with E-state index >= 15 is 0 Å². The molecule has 28 aromatic rings. The summed E-state index contributed by atoms with van der Waals surface area (Å²) in [5.74, 6) is 3.18. The standard InChI is InChI=1S/C46H28N6O.C35H20N6O.C30H17N5O/c1-5-15-29(16-6-1)43-48-44(30-17-7-2-8-18-30)50-46(49-43)52-37-24-14-13-23-33(37)34-25-26-35-39-38(53-42(35)40(34)52)28-27-36-41(39)51(32-21-11-4-12-22-32)45(47-36)31-19-9-3-10-20-31;1-2-10-30-22(7-1)23-11-12-24-32-31(14-13-27-33(32)39-18-17-38-27)42-35(24)34(23)41(30)21-19-28(25-8-3-5-15-36-25)40-29(20-21)26-9-4-6-16-37-26;1-2-6-18(7-3-1)22-14-15-33-30(34-22)35-24-9-5-4-8-19(24)20-10-11-21-26-25(36-29(21)28(20)35)13-12-23-27(26)32-17-16-31-23/h1-28H;1-20H;1-17H. The monoisotopic (exact) mass is 1680 g/mol. The first-order valence-corrected chi connectivity index (χ1v) is 43.0. The second kappa shape index (κ2) is 30.2. The second-order valence-electron chi connectivity index (χ2n) is 32.0. The van der Waals surface area contributed by atoms with Crippen molar-refractivity contribution >= 4 is 164 Å². The Hall–Kier alpha value is -18.4. The van der Waals surface area contributed by atoms with Crippen LogP contribution in [-0.4, -0.2) is 83.1 Å². The summed E-state index contributed by atoms with van der Waals surface area (Å²) >= 11 is 0. The molecule has 0 aliphatic heterocycles. The van der Waals surface area contributed by atoms with E-state index < -0.39 is 0 Å². The van der Waals surface area contributed by atoms with Gasteiger partial charge in [0, 0.05) is 120 Å². The molecule has 0 aliphatic rings. The van der Waals surface area contributed by atoms with Gasteiger partial charge in [0.2, 0.25) is 11.9 Å². The minimum atomic E-state index is 0.516. The number of benzene rings is 14.